The van der Waals surface area contributed by atoms with Gasteiger partial charge in [-0.3, -0.25) is 4.99 Å². The Hall–Kier alpha value is -1.63. The maximum absolute atomic E-state index is 5.34. The largest absolute Gasteiger partial charge is 0.382 e. The quantitative estimate of drug-likeness (QED) is 0.382. The van der Waals surface area contributed by atoms with Crippen LogP contribution < -0.4 is 10.6 Å². The van der Waals surface area contributed by atoms with Crippen LogP contribution in [0.2, 0.25) is 0 Å². The molecule has 0 saturated heterocycles. The topological polar surface area (TPSA) is 76.4 Å². The van der Waals surface area contributed by atoms with E-state index in [4.69, 9.17) is 4.74 Å². The van der Waals surface area contributed by atoms with Gasteiger partial charge < -0.3 is 19.9 Å². The molecule has 2 rings (SSSR count). The third kappa shape index (κ3) is 6.01. The number of rotatable bonds is 10. The summed E-state index contributed by atoms with van der Waals surface area (Å²) in [6.45, 7) is 8.10. The molecule has 0 amide bonds. The van der Waals surface area contributed by atoms with Crippen LogP contribution in [0.1, 0.15) is 38.9 Å². The molecule has 22 heavy (non-hydrogen) atoms. The van der Waals surface area contributed by atoms with Gasteiger partial charge in [0.15, 0.2) is 5.96 Å². The standard InChI is InChI=1S/C15H28N6O/c1-3-14-20-18-12-21(14)10-9-17-15(19-13-6-7-13)16-8-5-11-22-4-2/h12-13H,3-11H2,1-2H3,(H2,16,17,19). The first-order chi connectivity index (χ1) is 10.8. The van der Waals surface area contributed by atoms with Gasteiger partial charge in [0.25, 0.3) is 0 Å². The number of aryl methyl sites for hydroxylation is 1. The lowest BCUT2D eigenvalue weighted by atomic mass is 10.4. The summed E-state index contributed by atoms with van der Waals surface area (Å²) in [6.07, 6.45) is 6.12. The summed E-state index contributed by atoms with van der Waals surface area (Å²) < 4.78 is 7.42. The highest BCUT2D eigenvalue weighted by molar-refractivity contribution is 5.80. The van der Waals surface area contributed by atoms with E-state index in [1.807, 2.05) is 6.92 Å². The van der Waals surface area contributed by atoms with Crippen molar-refractivity contribution < 1.29 is 4.74 Å². The number of nitrogens with one attached hydrogen (secondary N) is 2. The Labute approximate surface area is 132 Å². The van der Waals surface area contributed by atoms with E-state index in [9.17, 15) is 0 Å². The zero-order valence-electron chi connectivity index (χ0n) is 13.7. The molecule has 0 spiro atoms. The molecular formula is C15H28N6O. The summed E-state index contributed by atoms with van der Waals surface area (Å²) in [5.74, 6) is 1.93. The Morgan fingerprint density at radius 2 is 2.32 bits per heavy atom. The van der Waals surface area contributed by atoms with Crippen molar-refractivity contribution in [1.82, 2.24) is 25.4 Å². The van der Waals surface area contributed by atoms with Crippen LogP contribution >= 0.6 is 0 Å². The molecule has 7 heteroatoms. The van der Waals surface area contributed by atoms with Crippen LogP contribution in [0, 0.1) is 0 Å². The predicted molar refractivity (Wildman–Crippen MR) is 87.0 cm³/mol. The third-order valence-corrected chi connectivity index (χ3v) is 3.50. The number of hydrogen-bond donors (Lipinski definition) is 2. The second-order valence-electron chi connectivity index (χ2n) is 5.42. The number of ether oxygens (including phenoxy) is 1. The molecule has 0 bridgehead atoms. The molecule has 0 unspecified atom stereocenters. The van der Waals surface area contributed by atoms with E-state index in [1.54, 1.807) is 6.33 Å². The van der Waals surface area contributed by atoms with E-state index < -0.39 is 0 Å². The highest BCUT2D eigenvalue weighted by atomic mass is 16.5. The number of nitrogens with zero attached hydrogens (tertiary/aromatic N) is 4. The van der Waals surface area contributed by atoms with Crippen molar-refractivity contribution in [2.75, 3.05) is 26.3 Å². The van der Waals surface area contributed by atoms with Gasteiger partial charge in [-0.05, 0) is 26.2 Å². The van der Waals surface area contributed by atoms with E-state index >= 15 is 0 Å². The zero-order valence-corrected chi connectivity index (χ0v) is 13.7. The second-order valence-corrected chi connectivity index (χ2v) is 5.42. The van der Waals surface area contributed by atoms with E-state index in [0.29, 0.717) is 6.04 Å². The molecule has 1 aromatic rings. The van der Waals surface area contributed by atoms with Crippen LogP contribution in [-0.2, 0) is 17.7 Å². The maximum atomic E-state index is 5.34. The Morgan fingerprint density at radius 1 is 1.45 bits per heavy atom. The van der Waals surface area contributed by atoms with E-state index in [1.165, 1.54) is 12.8 Å². The average molecular weight is 308 g/mol. The van der Waals surface area contributed by atoms with Gasteiger partial charge >= 0.3 is 0 Å². The van der Waals surface area contributed by atoms with E-state index in [2.05, 4.69) is 37.3 Å². The Balaban J connectivity index is 1.72. The van der Waals surface area contributed by atoms with Crippen molar-refractivity contribution >= 4 is 5.96 Å². The SMILES string of the molecule is CCOCCCN=C(NCCn1cnnc1CC)NC1CC1. The van der Waals surface area contributed by atoms with Gasteiger partial charge in [0.1, 0.15) is 12.2 Å². The fraction of sp³-hybridized carbons (Fsp3) is 0.800. The summed E-state index contributed by atoms with van der Waals surface area (Å²) in [7, 11) is 0. The minimum Gasteiger partial charge on any atom is -0.382 e. The lowest BCUT2D eigenvalue weighted by molar-refractivity contribution is 0.146. The molecule has 0 aromatic carbocycles. The lowest BCUT2D eigenvalue weighted by Gasteiger charge is -2.13. The Morgan fingerprint density at radius 3 is 3.05 bits per heavy atom. The monoisotopic (exact) mass is 308 g/mol. The second kappa shape index (κ2) is 9.40. The molecule has 1 fully saturated rings. The molecule has 1 aliphatic carbocycles. The van der Waals surface area contributed by atoms with Crippen molar-refractivity contribution in [3.05, 3.63) is 12.2 Å². The smallest absolute Gasteiger partial charge is 0.191 e. The maximum Gasteiger partial charge on any atom is 0.191 e. The van der Waals surface area contributed by atoms with Crippen molar-refractivity contribution in [3.8, 4) is 0 Å². The average Bonchev–Trinajstić information content (AvgIpc) is 3.22. The van der Waals surface area contributed by atoms with Gasteiger partial charge in [0.2, 0.25) is 0 Å². The minimum absolute atomic E-state index is 0.597. The molecule has 7 nitrogen and oxygen atoms in total. The molecule has 1 aromatic heterocycles. The number of aliphatic imine (C=N–C) groups is 1. The molecule has 1 saturated carbocycles. The molecule has 0 atom stereocenters. The van der Waals surface area contributed by atoms with Gasteiger partial charge in [0, 0.05) is 45.3 Å². The third-order valence-electron chi connectivity index (χ3n) is 3.50. The van der Waals surface area contributed by atoms with E-state index in [0.717, 1.165) is 57.5 Å². The molecule has 1 aliphatic rings. The van der Waals surface area contributed by atoms with Crippen LogP contribution in [0.15, 0.2) is 11.3 Å². The first kappa shape index (κ1) is 16.7. The molecule has 0 aliphatic heterocycles. The van der Waals surface area contributed by atoms with Gasteiger partial charge in [-0.2, -0.15) is 0 Å². The summed E-state index contributed by atoms with van der Waals surface area (Å²) in [5.41, 5.74) is 0. The predicted octanol–water partition coefficient (Wildman–Crippen LogP) is 0.965. The fourth-order valence-corrected chi connectivity index (χ4v) is 2.11. The first-order valence-corrected chi connectivity index (χ1v) is 8.32. The van der Waals surface area contributed by atoms with Crippen molar-refractivity contribution in [3.63, 3.8) is 0 Å². The summed E-state index contributed by atoms with van der Waals surface area (Å²) in [4.78, 5) is 4.61. The highest BCUT2D eigenvalue weighted by Gasteiger charge is 2.22. The summed E-state index contributed by atoms with van der Waals surface area (Å²) in [5, 5.41) is 14.9. The number of hydrogen-bond acceptors (Lipinski definition) is 4. The minimum atomic E-state index is 0.597. The van der Waals surface area contributed by atoms with Crippen LogP contribution in [0.25, 0.3) is 0 Å². The fourth-order valence-electron chi connectivity index (χ4n) is 2.11. The Kier molecular flexibility index (Phi) is 7.15. The first-order valence-electron chi connectivity index (χ1n) is 8.32. The van der Waals surface area contributed by atoms with Gasteiger partial charge in [0.05, 0.1) is 0 Å². The normalized spacial score (nSPS) is 15.1. The highest BCUT2D eigenvalue weighted by Crippen LogP contribution is 2.18. The van der Waals surface area contributed by atoms with E-state index in [-0.39, 0.29) is 0 Å². The van der Waals surface area contributed by atoms with Crippen molar-refractivity contribution in [2.45, 2.75) is 52.1 Å². The zero-order chi connectivity index (χ0) is 15.6. The van der Waals surface area contributed by atoms with Crippen LogP contribution in [-0.4, -0.2) is 53.1 Å². The summed E-state index contributed by atoms with van der Waals surface area (Å²) >= 11 is 0. The van der Waals surface area contributed by atoms with Crippen LogP contribution in [0.3, 0.4) is 0 Å². The lowest BCUT2D eigenvalue weighted by Crippen LogP contribution is -2.40. The Bertz CT molecular complexity index is 455. The van der Waals surface area contributed by atoms with Crippen molar-refractivity contribution in [1.29, 1.82) is 0 Å². The molecular weight excluding hydrogens is 280 g/mol. The van der Waals surface area contributed by atoms with Crippen molar-refractivity contribution in [2.24, 2.45) is 4.99 Å². The molecule has 2 N–H and O–H groups in total. The van der Waals surface area contributed by atoms with Crippen LogP contribution in [0.4, 0.5) is 0 Å². The van der Waals surface area contributed by atoms with Gasteiger partial charge in [-0.15, -0.1) is 10.2 Å². The van der Waals surface area contributed by atoms with Crippen LogP contribution in [0.5, 0.6) is 0 Å². The number of aromatic nitrogens is 3. The molecule has 1 heterocycles. The molecule has 124 valence electrons. The number of guanidine groups is 1. The molecule has 0 radical (unpaired) electrons. The van der Waals surface area contributed by atoms with Gasteiger partial charge in [-0.25, -0.2) is 0 Å². The summed E-state index contributed by atoms with van der Waals surface area (Å²) in [6, 6.07) is 0.597. The van der Waals surface area contributed by atoms with Gasteiger partial charge in [-0.1, -0.05) is 6.92 Å².